The van der Waals surface area contributed by atoms with Gasteiger partial charge in [-0.05, 0) is 25.0 Å². The highest BCUT2D eigenvalue weighted by atomic mass is 16.2. The zero-order valence-corrected chi connectivity index (χ0v) is 13.4. The standard InChI is InChI=1S/C16H22N4O3/c1-3-16(4-2,10-17)19-13(21)9-20-14(22)11-7-5-6-8-12(11)18-15(20)23/h5-8H,3-4,9-10,17H2,1-2H3,(H,18,23)(H,19,21). The van der Waals surface area contributed by atoms with Crippen LogP contribution in [0.1, 0.15) is 26.7 Å². The largest absolute Gasteiger partial charge is 0.348 e. The second-order valence-electron chi connectivity index (χ2n) is 5.61. The van der Waals surface area contributed by atoms with E-state index in [0.717, 1.165) is 4.57 Å². The smallest absolute Gasteiger partial charge is 0.329 e. The molecular weight excluding hydrogens is 296 g/mol. The first-order valence-electron chi connectivity index (χ1n) is 7.69. The van der Waals surface area contributed by atoms with Crippen molar-refractivity contribution in [1.82, 2.24) is 14.9 Å². The van der Waals surface area contributed by atoms with Gasteiger partial charge in [0.2, 0.25) is 5.91 Å². The van der Waals surface area contributed by atoms with Crippen LogP contribution in [0.2, 0.25) is 0 Å². The van der Waals surface area contributed by atoms with Gasteiger partial charge in [0.15, 0.2) is 0 Å². The Labute approximate surface area is 133 Å². The summed E-state index contributed by atoms with van der Waals surface area (Å²) >= 11 is 0. The van der Waals surface area contributed by atoms with Crippen molar-refractivity contribution in [2.45, 2.75) is 38.8 Å². The third kappa shape index (κ3) is 3.34. The number of rotatable bonds is 6. The number of nitrogens with one attached hydrogen (secondary N) is 2. The van der Waals surface area contributed by atoms with Gasteiger partial charge in [0.25, 0.3) is 5.56 Å². The lowest BCUT2D eigenvalue weighted by molar-refractivity contribution is -0.123. The minimum Gasteiger partial charge on any atom is -0.348 e. The van der Waals surface area contributed by atoms with E-state index in [1.807, 2.05) is 13.8 Å². The molecule has 0 radical (unpaired) electrons. The number of aromatic nitrogens is 2. The van der Waals surface area contributed by atoms with Crippen molar-refractivity contribution >= 4 is 16.8 Å². The van der Waals surface area contributed by atoms with Crippen LogP contribution in [0.25, 0.3) is 10.9 Å². The molecular formula is C16H22N4O3. The van der Waals surface area contributed by atoms with Crippen molar-refractivity contribution < 1.29 is 4.79 Å². The number of carbonyl (C=O) groups excluding carboxylic acids is 1. The minimum atomic E-state index is -0.602. The molecule has 0 unspecified atom stereocenters. The molecule has 0 aliphatic heterocycles. The molecule has 1 aromatic carbocycles. The monoisotopic (exact) mass is 318 g/mol. The fourth-order valence-corrected chi connectivity index (χ4v) is 2.59. The number of para-hydroxylation sites is 1. The molecule has 23 heavy (non-hydrogen) atoms. The molecule has 0 aliphatic rings. The number of fused-ring (bicyclic) bond motifs is 1. The van der Waals surface area contributed by atoms with E-state index >= 15 is 0 Å². The van der Waals surface area contributed by atoms with Crippen molar-refractivity contribution in [3.63, 3.8) is 0 Å². The minimum absolute atomic E-state index is 0.300. The summed E-state index contributed by atoms with van der Waals surface area (Å²) in [6.45, 7) is 3.84. The third-order valence-electron chi connectivity index (χ3n) is 4.34. The Kier molecular flexibility index (Phi) is 5.00. The Morgan fingerprint density at radius 3 is 2.52 bits per heavy atom. The summed E-state index contributed by atoms with van der Waals surface area (Å²) in [4.78, 5) is 39.3. The molecule has 0 spiro atoms. The first kappa shape index (κ1) is 17.0. The van der Waals surface area contributed by atoms with Gasteiger partial charge in [-0.25, -0.2) is 4.79 Å². The summed E-state index contributed by atoms with van der Waals surface area (Å²) in [5.41, 5.74) is 4.62. The summed E-state index contributed by atoms with van der Waals surface area (Å²) in [7, 11) is 0. The van der Waals surface area contributed by atoms with Crippen LogP contribution in [0.3, 0.4) is 0 Å². The van der Waals surface area contributed by atoms with Gasteiger partial charge in [0.05, 0.1) is 16.4 Å². The van der Waals surface area contributed by atoms with E-state index in [2.05, 4.69) is 10.3 Å². The quantitative estimate of drug-likeness (QED) is 0.712. The van der Waals surface area contributed by atoms with E-state index in [9.17, 15) is 14.4 Å². The predicted octanol–water partition coefficient (Wildman–Crippen LogP) is 0.324. The Morgan fingerprint density at radius 2 is 1.91 bits per heavy atom. The third-order valence-corrected chi connectivity index (χ3v) is 4.34. The van der Waals surface area contributed by atoms with Crippen LogP contribution >= 0.6 is 0 Å². The number of hydrogen-bond acceptors (Lipinski definition) is 4. The van der Waals surface area contributed by atoms with Gasteiger partial charge in [-0.15, -0.1) is 0 Å². The van der Waals surface area contributed by atoms with Crippen LogP contribution in [0, 0.1) is 0 Å². The van der Waals surface area contributed by atoms with Crippen molar-refractivity contribution in [1.29, 1.82) is 0 Å². The van der Waals surface area contributed by atoms with Gasteiger partial charge < -0.3 is 16.0 Å². The number of benzene rings is 1. The molecule has 0 fully saturated rings. The van der Waals surface area contributed by atoms with Gasteiger partial charge in [0, 0.05) is 6.54 Å². The van der Waals surface area contributed by atoms with Gasteiger partial charge in [-0.3, -0.25) is 14.2 Å². The van der Waals surface area contributed by atoms with Crippen molar-refractivity contribution in [2.75, 3.05) is 6.54 Å². The molecule has 7 heteroatoms. The lowest BCUT2D eigenvalue weighted by Gasteiger charge is -2.31. The average molecular weight is 318 g/mol. The number of amides is 1. The first-order chi connectivity index (χ1) is 11.0. The number of H-pyrrole nitrogens is 1. The topological polar surface area (TPSA) is 110 Å². The maximum absolute atomic E-state index is 12.4. The number of nitrogens with zero attached hydrogens (tertiary/aromatic N) is 1. The molecule has 0 saturated carbocycles. The van der Waals surface area contributed by atoms with Crippen LogP contribution in [-0.4, -0.2) is 27.5 Å². The zero-order valence-electron chi connectivity index (χ0n) is 13.4. The van der Waals surface area contributed by atoms with Crippen molar-refractivity contribution in [3.8, 4) is 0 Å². The van der Waals surface area contributed by atoms with Gasteiger partial charge in [0.1, 0.15) is 6.54 Å². The van der Waals surface area contributed by atoms with E-state index in [1.165, 1.54) is 0 Å². The highest BCUT2D eigenvalue weighted by Gasteiger charge is 2.26. The van der Waals surface area contributed by atoms with Crippen LogP contribution in [0.15, 0.2) is 33.9 Å². The number of aromatic amines is 1. The lowest BCUT2D eigenvalue weighted by Crippen LogP contribution is -2.54. The van der Waals surface area contributed by atoms with Gasteiger partial charge in [-0.1, -0.05) is 26.0 Å². The summed E-state index contributed by atoms with van der Waals surface area (Å²) in [5.74, 6) is -0.401. The molecule has 0 atom stereocenters. The van der Waals surface area contributed by atoms with Crippen molar-refractivity contribution in [2.24, 2.45) is 5.73 Å². The highest BCUT2D eigenvalue weighted by Crippen LogP contribution is 2.13. The van der Waals surface area contributed by atoms with Gasteiger partial charge in [-0.2, -0.15) is 0 Å². The first-order valence-corrected chi connectivity index (χ1v) is 7.69. The molecule has 1 amide bonds. The highest BCUT2D eigenvalue weighted by molar-refractivity contribution is 5.79. The Bertz CT molecular complexity index is 810. The van der Waals surface area contributed by atoms with E-state index < -0.39 is 22.7 Å². The van der Waals surface area contributed by atoms with E-state index in [0.29, 0.717) is 30.3 Å². The average Bonchev–Trinajstić information content (AvgIpc) is 2.56. The van der Waals surface area contributed by atoms with Crippen LogP contribution in [0.5, 0.6) is 0 Å². The van der Waals surface area contributed by atoms with Crippen LogP contribution in [0.4, 0.5) is 0 Å². The molecule has 0 bridgehead atoms. The molecule has 124 valence electrons. The second-order valence-corrected chi connectivity index (χ2v) is 5.61. The molecule has 1 heterocycles. The predicted molar refractivity (Wildman–Crippen MR) is 89.3 cm³/mol. The SMILES string of the molecule is CCC(CC)(CN)NC(=O)Cn1c(=O)[nH]c2ccccc2c1=O. The fraction of sp³-hybridized carbons (Fsp3) is 0.438. The van der Waals surface area contributed by atoms with E-state index in [1.54, 1.807) is 24.3 Å². The maximum Gasteiger partial charge on any atom is 0.329 e. The van der Waals surface area contributed by atoms with Crippen molar-refractivity contribution in [3.05, 3.63) is 45.1 Å². The zero-order chi connectivity index (χ0) is 17.0. The molecule has 7 nitrogen and oxygen atoms in total. The molecule has 1 aromatic heterocycles. The van der Waals surface area contributed by atoms with E-state index in [4.69, 9.17) is 5.73 Å². The molecule has 4 N–H and O–H groups in total. The number of nitrogens with two attached hydrogens (primary N) is 1. The van der Waals surface area contributed by atoms with E-state index in [-0.39, 0.29) is 6.54 Å². The van der Waals surface area contributed by atoms with Crippen LogP contribution in [-0.2, 0) is 11.3 Å². The number of hydrogen-bond donors (Lipinski definition) is 3. The Hall–Kier alpha value is -2.41. The summed E-state index contributed by atoms with van der Waals surface area (Å²) < 4.78 is 0.907. The second kappa shape index (κ2) is 6.78. The Balaban J connectivity index is 2.34. The normalized spacial score (nSPS) is 11.6. The molecule has 0 aliphatic carbocycles. The summed E-state index contributed by atoms with van der Waals surface area (Å²) in [5, 5.41) is 3.23. The fourth-order valence-electron chi connectivity index (χ4n) is 2.59. The maximum atomic E-state index is 12.4. The molecule has 0 saturated heterocycles. The molecule has 2 aromatic rings. The summed E-state index contributed by atoms with van der Waals surface area (Å²) in [6.07, 6.45) is 1.35. The lowest BCUT2D eigenvalue weighted by atomic mass is 9.93. The Morgan fingerprint density at radius 1 is 1.26 bits per heavy atom. The number of carbonyl (C=O) groups is 1. The molecule has 2 rings (SSSR count). The van der Waals surface area contributed by atoms with Gasteiger partial charge >= 0.3 is 5.69 Å². The van der Waals surface area contributed by atoms with Crippen LogP contribution < -0.4 is 22.3 Å². The summed E-state index contributed by atoms with van der Waals surface area (Å²) in [6, 6.07) is 6.70.